The van der Waals surface area contributed by atoms with Crippen molar-refractivity contribution in [3.05, 3.63) is 76.4 Å². The minimum atomic E-state index is -3.65. The number of para-hydroxylation sites is 1. The van der Waals surface area contributed by atoms with E-state index in [1.807, 2.05) is 46.3 Å². The monoisotopic (exact) mass is 433 g/mol. The van der Waals surface area contributed by atoms with E-state index < -0.39 is 10.0 Å². The summed E-state index contributed by atoms with van der Waals surface area (Å²) < 4.78 is 28.3. The van der Waals surface area contributed by atoms with Crippen molar-refractivity contribution in [1.82, 2.24) is 8.87 Å². The molecule has 8 heteroatoms. The van der Waals surface area contributed by atoms with Crippen molar-refractivity contribution < 1.29 is 8.42 Å². The minimum Gasteiger partial charge on any atom is -0.313 e. The summed E-state index contributed by atoms with van der Waals surface area (Å²) >= 11 is 7.67. The van der Waals surface area contributed by atoms with Crippen LogP contribution >= 0.6 is 22.9 Å². The van der Waals surface area contributed by atoms with Gasteiger partial charge in [0.05, 0.1) is 16.4 Å². The normalized spacial score (nSPS) is 12.5. The summed E-state index contributed by atoms with van der Waals surface area (Å²) in [6.07, 6.45) is 1.79. The number of thiazole rings is 1. The van der Waals surface area contributed by atoms with Crippen LogP contribution in [0.2, 0.25) is 5.02 Å². The lowest BCUT2D eigenvalue weighted by Gasteiger charge is -2.14. The van der Waals surface area contributed by atoms with Crippen molar-refractivity contribution in [2.75, 3.05) is 14.1 Å². The van der Waals surface area contributed by atoms with Crippen LogP contribution in [0.5, 0.6) is 0 Å². The second-order valence-electron chi connectivity index (χ2n) is 6.18. The Morgan fingerprint density at radius 1 is 1.21 bits per heavy atom. The van der Waals surface area contributed by atoms with Crippen LogP contribution in [0, 0.1) is 0 Å². The zero-order chi connectivity index (χ0) is 20.3. The molecule has 2 aromatic carbocycles. The van der Waals surface area contributed by atoms with E-state index in [1.54, 1.807) is 18.2 Å². The first-order chi connectivity index (χ1) is 13.3. The summed E-state index contributed by atoms with van der Waals surface area (Å²) in [4.78, 5) is 5.58. The molecule has 0 fully saturated rings. The Morgan fingerprint density at radius 3 is 2.57 bits per heavy atom. The highest BCUT2D eigenvalue weighted by molar-refractivity contribution is 7.89. The summed E-state index contributed by atoms with van der Waals surface area (Å²) in [6, 6.07) is 14.7. The fourth-order valence-electron chi connectivity index (χ4n) is 2.62. The molecular weight excluding hydrogens is 414 g/mol. The molecule has 0 saturated carbocycles. The molecule has 0 aliphatic heterocycles. The van der Waals surface area contributed by atoms with Gasteiger partial charge >= 0.3 is 0 Å². The molecule has 0 N–H and O–H groups in total. The molecule has 0 radical (unpaired) electrons. The molecule has 28 heavy (non-hydrogen) atoms. The molecule has 1 heterocycles. The van der Waals surface area contributed by atoms with Crippen molar-refractivity contribution in [2.45, 2.75) is 11.4 Å². The Morgan fingerprint density at radius 2 is 1.93 bits per heavy atom. The summed E-state index contributed by atoms with van der Waals surface area (Å²) in [6.45, 7) is 4.38. The van der Waals surface area contributed by atoms with Gasteiger partial charge in [-0.25, -0.2) is 17.7 Å². The molecule has 0 amide bonds. The highest BCUT2D eigenvalue weighted by atomic mass is 35.5. The number of halogens is 1. The van der Waals surface area contributed by atoms with Crippen LogP contribution in [0.4, 0.5) is 5.69 Å². The smallest absolute Gasteiger partial charge is 0.244 e. The molecule has 3 rings (SSSR count). The Bertz CT molecular complexity index is 1160. The fourth-order valence-corrected chi connectivity index (χ4v) is 4.96. The van der Waals surface area contributed by atoms with E-state index >= 15 is 0 Å². The fraction of sp³-hybridized carbons (Fsp3) is 0.150. The lowest BCUT2D eigenvalue weighted by atomic mass is 10.2. The summed E-state index contributed by atoms with van der Waals surface area (Å²) in [5.74, 6) is 0. The minimum absolute atomic E-state index is 0.0783. The summed E-state index contributed by atoms with van der Waals surface area (Å²) in [5.41, 5.74) is 2.45. The number of sulfonamides is 1. The van der Waals surface area contributed by atoms with Gasteiger partial charge < -0.3 is 4.57 Å². The van der Waals surface area contributed by atoms with Crippen LogP contribution in [-0.2, 0) is 16.6 Å². The Kier molecular flexibility index (Phi) is 6.20. The Labute approximate surface area is 173 Å². The third-order valence-corrected chi connectivity index (χ3v) is 7.24. The Balaban J connectivity index is 2.18. The van der Waals surface area contributed by atoms with Crippen LogP contribution in [0.1, 0.15) is 0 Å². The summed E-state index contributed by atoms with van der Waals surface area (Å²) in [5, 5.41) is 2.15. The highest BCUT2D eigenvalue weighted by Crippen LogP contribution is 2.30. The van der Waals surface area contributed by atoms with Gasteiger partial charge in [-0.05, 0) is 24.3 Å². The molecule has 0 atom stereocenters. The van der Waals surface area contributed by atoms with E-state index in [-0.39, 0.29) is 9.92 Å². The maximum absolute atomic E-state index is 12.6. The first kappa shape index (κ1) is 20.5. The number of rotatable bonds is 6. The van der Waals surface area contributed by atoms with E-state index in [0.717, 1.165) is 26.1 Å². The summed E-state index contributed by atoms with van der Waals surface area (Å²) in [7, 11) is -0.685. The molecule has 146 valence electrons. The standard InChI is InChI=1S/C20H20ClN3O2S2/c1-4-12-24-18(14-27-20(24)22-16-8-6-5-7-9-16)15-10-11-17(21)19(13-15)28(25,26)23(2)3/h4-11,13-14H,1,12H2,2-3H3. The van der Waals surface area contributed by atoms with Crippen LogP contribution in [-0.4, -0.2) is 31.4 Å². The van der Waals surface area contributed by atoms with E-state index in [4.69, 9.17) is 16.6 Å². The lowest BCUT2D eigenvalue weighted by Crippen LogP contribution is -2.22. The number of hydrogen-bond acceptors (Lipinski definition) is 4. The maximum atomic E-state index is 12.6. The van der Waals surface area contributed by atoms with Gasteiger partial charge in [-0.15, -0.1) is 17.9 Å². The quantitative estimate of drug-likeness (QED) is 0.536. The van der Waals surface area contributed by atoms with Crippen molar-refractivity contribution in [3.63, 3.8) is 0 Å². The van der Waals surface area contributed by atoms with Crippen molar-refractivity contribution in [1.29, 1.82) is 0 Å². The highest BCUT2D eigenvalue weighted by Gasteiger charge is 2.22. The molecule has 0 unspecified atom stereocenters. The molecule has 0 aliphatic rings. The van der Waals surface area contributed by atoms with Crippen LogP contribution in [0.15, 0.2) is 76.5 Å². The Hall–Kier alpha value is -2.19. The zero-order valence-electron chi connectivity index (χ0n) is 15.5. The van der Waals surface area contributed by atoms with Crippen molar-refractivity contribution in [2.24, 2.45) is 4.99 Å². The van der Waals surface area contributed by atoms with Gasteiger partial charge in [-0.2, -0.15) is 0 Å². The molecular formula is C20H20ClN3O2S2. The van der Waals surface area contributed by atoms with Gasteiger partial charge in [0.2, 0.25) is 10.0 Å². The van der Waals surface area contributed by atoms with Gasteiger partial charge in [-0.1, -0.05) is 41.9 Å². The molecule has 0 spiro atoms. The molecule has 0 saturated heterocycles. The predicted molar refractivity (Wildman–Crippen MR) is 115 cm³/mol. The van der Waals surface area contributed by atoms with E-state index in [2.05, 4.69) is 6.58 Å². The maximum Gasteiger partial charge on any atom is 0.244 e. The largest absolute Gasteiger partial charge is 0.313 e. The lowest BCUT2D eigenvalue weighted by molar-refractivity contribution is 0.521. The van der Waals surface area contributed by atoms with Gasteiger partial charge in [0.25, 0.3) is 0 Å². The molecule has 1 aromatic heterocycles. The molecule has 0 bridgehead atoms. The van der Waals surface area contributed by atoms with Crippen LogP contribution in [0.25, 0.3) is 11.3 Å². The third kappa shape index (κ3) is 4.12. The number of nitrogens with zero attached hydrogens (tertiary/aromatic N) is 3. The molecule has 0 aliphatic carbocycles. The topological polar surface area (TPSA) is 54.7 Å². The van der Waals surface area contributed by atoms with Gasteiger partial charge in [0.15, 0.2) is 4.80 Å². The van der Waals surface area contributed by atoms with Crippen LogP contribution < -0.4 is 4.80 Å². The van der Waals surface area contributed by atoms with E-state index in [9.17, 15) is 8.42 Å². The number of hydrogen-bond donors (Lipinski definition) is 0. The number of benzene rings is 2. The van der Waals surface area contributed by atoms with Gasteiger partial charge in [-0.3, -0.25) is 0 Å². The van der Waals surface area contributed by atoms with Gasteiger partial charge in [0, 0.05) is 31.6 Å². The van der Waals surface area contributed by atoms with E-state index in [0.29, 0.717) is 6.54 Å². The van der Waals surface area contributed by atoms with Crippen LogP contribution in [0.3, 0.4) is 0 Å². The third-order valence-electron chi connectivity index (χ3n) is 4.08. The SMILES string of the molecule is C=CCn1c(-c2ccc(Cl)c(S(=O)(=O)N(C)C)c2)csc1=Nc1ccccc1. The second-order valence-corrected chi connectivity index (χ2v) is 9.55. The first-order valence-electron chi connectivity index (χ1n) is 8.46. The van der Waals surface area contributed by atoms with E-state index in [1.165, 1.54) is 25.4 Å². The number of allylic oxidation sites excluding steroid dienone is 1. The van der Waals surface area contributed by atoms with Crippen molar-refractivity contribution >= 4 is 38.6 Å². The predicted octanol–water partition coefficient (Wildman–Crippen LogP) is 4.54. The van der Waals surface area contributed by atoms with Crippen molar-refractivity contribution in [3.8, 4) is 11.3 Å². The zero-order valence-corrected chi connectivity index (χ0v) is 17.9. The first-order valence-corrected chi connectivity index (χ1v) is 11.2. The second kappa shape index (κ2) is 8.45. The molecule has 3 aromatic rings. The number of aromatic nitrogens is 1. The average molecular weight is 434 g/mol. The average Bonchev–Trinajstić information content (AvgIpc) is 3.05. The molecule has 5 nitrogen and oxygen atoms in total. The van der Waals surface area contributed by atoms with Gasteiger partial charge in [0.1, 0.15) is 4.90 Å².